The van der Waals surface area contributed by atoms with Crippen LogP contribution in [0.2, 0.25) is 0 Å². The quantitative estimate of drug-likeness (QED) is 0.503. The highest BCUT2D eigenvalue weighted by molar-refractivity contribution is 5.60. The number of rotatable bonds is 6. The van der Waals surface area contributed by atoms with Crippen molar-refractivity contribution in [3.05, 3.63) is 71.4 Å². The Hall–Kier alpha value is -2.59. The molecule has 0 radical (unpaired) electrons. The molecule has 32 heavy (non-hydrogen) atoms. The maximum atomic E-state index is 5.00. The Morgan fingerprint density at radius 1 is 0.844 bits per heavy atom. The lowest BCUT2D eigenvalue weighted by Crippen LogP contribution is -2.46. The zero-order valence-electron chi connectivity index (χ0n) is 20.4. The van der Waals surface area contributed by atoms with Gasteiger partial charge in [-0.3, -0.25) is 9.58 Å². The third-order valence-corrected chi connectivity index (χ3v) is 6.60. The van der Waals surface area contributed by atoms with Crippen molar-refractivity contribution < 1.29 is 0 Å². The van der Waals surface area contributed by atoms with Gasteiger partial charge in [-0.2, -0.15) is 5.10 Å². The number of aryl methyl sites for hydroxylation is 3. The Bertz CT molecular complexity index is 1020. The van der Waals surface area contributed by atoms with Crippen LogP contribution in [0.15, 0.2) is 54.6 Å². The van der Waals surface area contributed by atoms with Crippen molar-refractivity contribution >= 4 is 5.69 Å². The first-order valence-electron chi connectivity index (χ1n) is 12.0. The lowest BCUT2D eigenvalue weighted by atomic mass is 10.1. The van der Waals surface area contributed by atoms with Crippen molar-refractivity contribution in [1.29, 1.82) is 0 Å². The highest BCUT2D eigenvalue weighted by atomic mass is 15.3. The second kappa shape index (κ2) is 9.50. The minimum Gasteiger partial charge on any atom is -0.369 e. The molecule has 1 saturated heterocycles. The van der Waals surface area contributed by atoms with Crippen LogP contribution >= 0.6 is 0 Å². The molecule has 0 saturated carbocycles. The molecule has 1 aliphatic rings. The van der Waals surface area contributed by atoms with Crippen molar-refractivity contribution in [3.63, 3.8) is 0 Å². The van der Waals surface area contributed by atoms with Gasteiger partial charge in [0.25, 0.3) is 0 Å². The summed E-state index contributed by atoms with van der Waals surface area (Å²) in [5.41, 5.74) is 7.75. The first-order valence-corrected chi connectivity index (χ1v) is 12.0. The molecule has 3 aromatic rings. The van der Waals surface area contributed by atoms with Crippen molar-refractivity contribution in [3.8, 4) is 11.3 Å². The summed E-state index contributed by atoms with van der Waals surface area (Å²) in [4.78, 5) is 5.14. The first kappa shape index (κ1) is 22.6. The molecule has 170 valence electrons. The summed E-state index contributed by atoms with van der Waals surface area (Å²) >= 11 is 0. The Balaban J connectivity index is 1.32. The Labute approximate surface area is 193 Å². The van der Waals surface area contributed by atoms with Gasteiger partial charge in [0, 0.05) is 31.9 Å². The number of hydrogen-bond acceptors (Lipinski definition) is 3. The van der Waals surface area contributed by atoms with Gasteiger partial charge >= 0.3 is 0 Å². The standard InChI is InChI=1S/C28H38N4/c1-22-13-14-26(20-23(22)2)31-18-16-30(17-19-31)15-9-12-25-21-27(24-10-7-6-8-11-24)32(29-25)28(3,4)5/h6-8,10-11,13-14,20-21H,9,12,15-19H2,1-5H3. The average molecular weight is 431 g/mol. The number of anilines is 1. The van der Waals surface area contributed by atoms with Crippen LogP contribution < -0.4 is 4.90 Å². The monoisotopic (exact) mass is 430 g/mol. The number of nitrogens with zero attached hydrogens (tertiary/aromatic N) is 4. The minimum atomic E-state index is -0.0336. The summed E-state index contributed by atoms with van der Waals surface area (Å²) < 4.78 is 2.19. The van der Waals surface area contributed by atoms with E-state index < -0.39 is 0 Å². The van der Waals surface area contributed by atoms with Gasteiger partial charge in [-0.05, 0) is 88.9 Å². The number of aromatic nitrogens is 2. The maximum absolute atomic E-state index is 5.00. The van der Waals surface area contributed by atoms with Crippen LogP contribution in [0, 0.1) is 13.8 Å². The summed E-state index contributed by atoms with van der Waals surface area (Å²) in [6, 6.07) is 19.8. The molecule has 1 fully saturated rings. The van der Waals surface area contributed by atoms with Gasteiger partial charge in [-0.15, -0.1) is 0 Å². The number of piperazine rings is 1. The molecule has 0 aliphatic carbocycles. The van der Waals surface area contributed by atoms with Crippen molar-refractivity contribution in [2.45, 2.75) is 53.0 Å². The summed E-state index contributed by atoms with van der Waals surface area (Å²) in [6.07, 6.45) is 2.18. The Morgan fingerprint density at radius 2 is 1.56 bits per heavy atom. The second-order valence-electron chi connectivity index (χ2n) is 10.2. The Morgan fingerprint density at radius 3 is 2.22 bits per heavy atom. The fourth-order valence-electron chi connectivity index (χ4n) is 4.51. The molecule has 1 aromatic heterocycles. The molecule has 0 unspecified atom stereocenters. The fourth-order valence-corrected chi connectivity index (χ4v) is 4.51. The van der Waals surface area contributed by atoms with E-state index in [1.165, 1.54) is 33.8 Å². The molecular weight excluding hydrogens is 392 g/mol. The fraction of sp³-hybridized carbons (Fsp3) is 0.464. The van der Waals surface area contributed by atoms with E-state index in [1.54, 1.807) is 0 Å². The van der Waals surface area contributed by atoms with E-state index in [0.29, 0.717) is 0 Å². The molecular formula is C28H38N4. The van der Waals surface area contributed by atoms with E-state index in [4.69, 9.17) is 5.10 Å². The molecule has 0 spiro atoms. The predicted octanol–water partition coefficient (Wildman–Crippen LogP) is 5.68. The molecule has 4 heteroatoms. The molecule has 0 N–H and O–H groups in total. The summed E-state index contributed by atoms with van der Waals surface area (Å²) in [5, 5.41) is 5.00. The highest BCUT2D eigenvalue weighted by Gasteiger charge is 2.21. The van der Waals surface area contributed by atoms with Crippen LogP contribution in [0.1, 0.15) is 44.0 Å². The highest BCUT2D eigenvalue weighted by Crippen LogP contribution is 2.27. The van der Waals surface area contributed by atoms with E-state index in [2.05, 4.69) is 104 Å². The topological polar surface area (TPSA) is 24.3 Å². The SMILES string of the molecule is Cc1ccc(N2CCN(CCCc3cc(-c4ccccc4)n(C(C)(C)C)n3)CC2)cc1C. The van der Waals surface area contributed by atoms with E-state index in [9.17, 15) is 0 Å². The third-order valence-electron chi connectivity index (χ3n) is 6.60. The van der Waals surface area contributed by atoms with Crippen molar-refractivity contribution in [2.24, 2.45) is 0 Å². The van der Waals surface area contributed by atoms with Gasteiger partial charge in [-0.1, -0.05) is 36.4 Å². The van der Waals surface area contributed by atoms with Crippen LogP contribution in [-0.2, 0) is 12.0 Å². The Kier molecular flexibility index (Phi) is 6.71. The van der Waals surface area contributed by atoms with Crippen LogP contribution in [0.3, 0.4) is 0 Å². The number of hydrogen-bond donors (Lipinski definition) is 0. The molecule has 0 bridgehead atoms. The minimum absolute atomic E-state index is 0.0336. The summed E-state index contributed by atoms with van der Waals surface area (Å²) in [6.45, 7) is 16.7. The predicted molar refractivity (Wildman–Crippen MR) is 136 cm³/mol. The van der Waals surface area contributed by atoms with E-state index in [1.807, 2.05) is 0 Å². The second-order valence-corrected chi connectivity index (χ2v) is 10.2. The lowest BCUT2D eigenvalue weighted by Gasteiger charge is -2.36. The van der Waals surface area contributed by atoms with Gasteiger partial charge in [-0.25, -0.2) is 0 Å². The molecule has 0 atom stereocenters. The molecule has 2 heterocycles. The molecule has 2 aromatic carbocycles. The molecule has 4 rings (SSSR count). The van der Waals surface area contributed by atoms with Gasteiger partial charge in [0.15, 0.2) is 0 Å². The zero-order chi connectivity index (χ0) is 22.7. The summed E-state index contributed by atoms with van der Waals surface area (Å²) in [7, 11) is 0. The number of benzene rings is 2. The van der Waals surface area contributed by atoms with Gasteiger partial charge in [0.2, 0.25) is 0 Å². The van der Waals surface area contributed by atoms with Crippen LogP contribution in [-0.4, -0.2) is 47.4 Å². The molecule has 0 amide bonds. The normalized spacial score (nSPS) is 15.3. The van der Waals surface area contributed by atoms with E-state index >= 15 is 0 Å². The van der Waals surface area contributed by atoms with Crippen LogP contribution in [0.25, 0.3) is 11.3 Å². The third kappa shape index (κ3) is 5.24. The maximum Gasteiger partial charge on any atom is 0.0691 e. The lowest BCUT2D eigenvalue weighted by molar-refractivity contribution is 0.254. The zero-order valence-corrected chi connectivity index (χ0v) is 20.4. The molecule has 1 aliphatic heterocycles. The van der Waals surface area contributed by atoms with E-state index in [-0.39, 0.29) is 5.54 Å². The smallest absolute Gasteiger partial charge is 0.0691 e. The molecule has 4 nitrogen and oxygen atoms in total. The largest absolute Gasteiger partial charge is 0.369 e. The summed E-state index contributed by atoms with van der Waals surface area (Å²) in [5.74, 6) is 0. The van der Waals surface area contributed by atoms with Crippen LogP contribution in [0.5, 0.6) is 0 Å². The van der Waals surface area contributed by atoms with Gasteiger partial charge in [0.05, 0.1) is 16.9 Å². The first-order chi connectivity index (χ1) is 15.3. The van der Waals surface area contributed by atoms with Crippen molar-refractivity contribution in [2.75, 3.05) is 37.6 Å². The van der Waals surface area contributed by atoms with Crippen molar-refractivity contribution in [1.82, 2.24) is 14.7 Å². The van der Waals surface area contributed by atoms with Gasteiger partial charge < -0.3 is 4.90 Å². The average Bonchev–Trinajstić information content (AvgIpc) is 3.22. The van der Waals surface area contributed by atoms with Crippen LogP contribution in [0.4, 0.5) is 5.69 Å². The van der Waals surface area contributed by atoms with Gasteiger partial charge in [0.1, 0.15) is 0 Å². The van der Waals surface area contributed by atoms with E-state index in [0.717, 1.165) is 45.6 Å².